The molecule has 4 rings (SSSR count). The van der Waals surface area contributed by atoms with Crippen LogP contribution >= 0.6 is 11.3 Å². The van der Waals surface area contributed by atoms with Crippen LogP contribution in [0.5, 0.6) is 0 Å². The number of carbonyl (C=O) groups excluding carboxylic acids is 1. The van der Waals surface area contributed by atoms with Gasteiger partial charge in [0, 0.05) is 56.2 Å². The van der Waals surface area contributed by atoms with Crippen molar-refractivity contribution in [1.29, 1.82) is 0 Å². The minimum absolute atomic E-state index is 0.0349. The van der Waals surface area contributed by atoms with Crippen molar-refractivity contribution in [2.75, 3.05) is 20.3 Å². The summed E-state index contributed by atoms with van der Waals surface area (Å²) >= 11 is 1.64. The second-order valence-electron chi connectivity index (χ2n) is 7.87. The maximum atomic E-state index is 13.3. The van der Waals surface area contributed by atoms with Crippen molar-refractivity contribution in [3.63, 3.8) is 0 Å². The van der Waals surface area contributed by atoms with Gasteiger partial charge in [0.25, 0.3) is 0 Å². The Labute approximate surface area is 191 Å². The molecule has 1 N–H and O–H groups in total. The molecule has 0 aliphatic carbocycles. The summed E-state index contributed by atoms with van der Waals surface area (Å²) < 4.78 is 20.6. The van der Waals surface area contributed by atoms with Gasteiger partial charge in [0.1, 0.15) is 5.82 Å². The van der Waals surface area contributed by atoms with Crippen LogP contribution in [0.25, 0.3) is 10.9 Å². The average molecular weight is 451 g/mol. The number of hydrogen-bond acceptors (Lipinski definition) is 3. The SMILES string of the molecule is COCCCNC(=O)CC(c1ccsc1)c1cn(Cc2ccc(F)cc2)c2ccccc12. The average Bonchev–Trinajstić information content (AvgIpc) is 3.46. The van der Waals surface area contributed by atoms with Crippen LogP contribution in [0.3, 0.4) is 0 Å². The third kappa shape index (κ3) is 5.26. The zero-order valence-corrected chi connectivity index (χ0v) is 18.9. The second-order valence-corrected chi connectivity index (χ2v) is 8.65. The Kier molecular flexibility index (Phi) is 7.35. The van der Waals surface area contributed by atoms with Crippen molar-refractivity contribution in [3.05, 3.63) is 94.1 Å². The molecule has 4 nitrogen and oxygen atoms in total. The van der Waals surface area contributed by atoms with Crippen molar-refractivity contribution in [2.24, 2.45) is 0 Å². The number of thiophene rings is 1. The molecule has 0 saturated carbocycles. The number of methoxy groups -OCH3 is 1. The summed E-state index contributed by atoms with van der Waals surface area (Å²) in [6.45, 7) is 1.88. The number of carbonyl (C=O) groups is 1. The number of halogens is 1. The predicted octanol–water partition coefficient (Wildman–Crippen LogP) is 5.56. The van der Waals surface area contributed by atoms with Crippen LogP contribution < -0.4 is 5.32 Å². The second kappa shape index (κ2) is 10.6. The number of benzene rings is 2. The van der Waals surface area contributed by atoms with Crippen molar-refractivity contribution >= 4 is 28.1 Å². The molecule has 2 aromatic carbocycles. The lowest BCUT2D eigenvalue weighted by Crippen LogP contribution is -2.26. The molecule has 6 heteroatoms. The Morgan fingerprint density at radius 3 is 2.72 bits per heavy atom. The first kappa shape index (κ1) is 22.2. The number of amides is 1. The number of nitrogens with one attached hydrogen (secondary N) is 1. The Morgan fingerprint density at radius 2 is 1.97 bits per heavy atom. The molecular weight excluding hydrogens is 423 g/mol. The molecule has 2 heterocycles. The topological polar surface area (TPSA) is 43.3 Å². The van der Waals surface area contributed by atoms with Crippen molar-refractivity contribution in [3.8, 4) is 0 Å². The van der Waals surface area contributed by atoms with Crippen LogP contribution in [0.15, 0.2) is 71.6 Å². The molecular formula is C26H27FN2O2S. The number of para-hydroxylation sites is 1. The molecule has 0 saturated heterocycles. The van der Waals surface area contributed by atoms with Gasteiger partial charge < -0.3 is 14.6 Å². The van der Waals surface area contributed by atoms with E-state index >= 15 is 0 Å². The highest BCUT2D eigenvalue weighted by molar-refractivity contribution is 7.08. The fourth-order valence-corrected chi connectivity index (χ4v) is 4.77. The molecule has 1 amide bonds. The minimum atomic E-state index is -0.235. The summed E-state index contributed by atoms with van der Waals surface area (Å²) in [4.78, 5) is 12.8. The quantitative estimate of drug-likeness (QED) is 0.321. The fraction of sp³-hybridized carbons (Fsp3) is 0.269. The largest absolute Gasteiger partial charge is 0.385 e. The predicted molar refractivity (Wildman–Crippen MR) is 128 cm³/mol. The first-order valence-electron chi connectivity index (χ1n) is 10.8. The van der Waals surface area contributed by atoms with E-state index < -0.39 is 0 Å². The van der Waals surface area contributed by atoms with Crippen LogP contribution in [0.1, 0.15) is 35.4 Å². The Balaban J connectivity index is 1.65. The number of aromatic nitrogens is 1. The van der Waals surface area contributed by atoms with E-state index in [-0.39, 0.29) is 17.6 Å². The third-order valence-corrected chi connectivity index (χ3v) is 6.34. The first-order chi connectivity index (χ1) is 15.7. The van der Waals surface area contributed by atoms with E-state index in [0.29, 0.717) is 26.1 Å². The van der Waals surface area contributed by atoms with Gasteiger partial charge in [-0.05, 0) is 58.1 Å². The summed E-state index contributed by atoms with van der Waals surface area (Å²) in [7, 11) is 1.66. The van der Waals surface area contributed by atoms with E-state index in [2.05, 4.69) is 45.0 Å². The van der Waals surface area contributed by atoms with Gasteiger partial charge in [-0.2, -0.15) is 11.3 Å². The molecule has 1 unspecified atom stereocenters. The van der Waals surface area contributed by atoms with E-state index in [1.165, 1.54) is 12.1 Å². The van der Waals surface area contributed by atoms with Gasteiger partial charge in [-0.3, -0.25) is 4.79 Å². The monoisotopic (exact) mass is 450 g/mol. The van der Waals surface area contributed by atoms with Gasteiger partial charge in [0.05, 0.1) is 0 Å². The van der Waals surface area contributed by atoms with Gasteiger partial charge >= 0.3 is 0 Å². The maximum absolute atomic E-state index is 13.3. The van der Waals surface area contributed by atoms with Crippen LogP contribution in [0.2, 0.25) is 0 Å². The van der Waals surface area contributed by atoms with Crippen molar-refractivity contribution < 1.29 is 13.9 Å². The van der Waals surface area contributed by atoms with E-state index in [1.807, 2.05) is 24.3 Å². The molecule has 1 atom stereocenters. The van der Waals surface area contributed by atoms with E-state index in [4.69, 9.17) is 4.74 Å². The van der Waals surface area contributed by atoms with Crippen molar-refractivity contribution in [1.82, 2.24) is 9.88 Å². The Morgan fingerprint density at radius 1 is 1.16 bits per heavy atom. The molecule has 0 radical (unpaired) electrons. The molecule has 166 valence electrons. The molecule has 32 heavy (non-hydrogen) atoms. The zero-order valence-electron chi connectivity index (χ0n) is 18.1. The highest BCUT2D eigenvalue weighted by atomic mass is 32.1. The van der Waals surface area contributed by atoms with Gasteiger partial charge in [0.2, 0.25) is 5.91 Å². The van der Waals surface area contributed by atoms with Gasteiger partial charge in [-0.15, -0.1) is 0 Å². The zero-order chi connectivity index (χ0) is 22.3. The van der Waals surface area contributed by atoms with Crippen LogP contribution in [-0.4, -0.2) is 30.7 Å². The first-order valence-corrected chi connectivity index (χ1v) is 11.7. The number of rotatable bonds is 10. The smallest absolute Gasteiger partial charge is 0.220 e. The van der Waals surface area contributed by atoms with Crippen molar-refractivity contribution in [2.45, 2.75) is 25.3 Å². The van der Waals surface area contributed by atoms with Gasteiger partial charge in [0.15, 0.2) is 0 Å². The highest BCUT2D eigenvalue weighted by Gasteiger charge is 2.23. The fourth-order valence-electron chi connectivity index (χ4n) is 4.05. The van der Waals surface area contributed by atoms with E-state index in [9.17, 15) is 9.18 Å². The molecule has 0 bridgehead atoms. The molecule has 2 aromatic heterocycles. The summed E-state index contributed by atoms with van der Waals surface area (Å²) in [5, 5.41) is 8.33. The number of nitrogens with zero attached hydrogens (tertiary/aromatic N) is 1. The summed E-state index contributed by atoms with van der Waals surface area (Å²) in [6.07, 6.45) is 3.32. The Hall–Kier alpha value is -2.96. The Bertz CT molecular complexity index is 1150. The van der Waals surface area contributed by atoms with Crippen LogP contribution in [0.4, 0.5) is 4.39 Å². The lowest BCUT2D eigenvalue weighted by molar-refractivity contribution is -0.121. The number of ether oxygens (including phenoxy) is 1. The molecule has 4 aromatic rings. The normalized spacial score (nSPS) is 12.2. The summed E-state index contributed by atoms with van der Waals surface area (Å²) in [5.41, 5.74) is 4.41. The lowest BCUT2D eigenvalue weighted by atomic mass is 9.89. The maximum Gasteiger partial charge on any atom is 0.220 e. The van der Waals surface area contributed by atoms with Gasteiger partial charge in [-0.1, -0.05) is 30.3 Å². The van der Waals surface area contributed by atoms with Gasteiger partial charge in [-0.25, -0.2) is 4.39 Å². The van der Waals surface area contributed by atoms with E-state index in [1.54, 1.807) is 18.4 Å². The number of fused-ring (bicyclic) bond motifs is 1. The summed E-state index contributed by atoms with van der Waals surface area (Å²) in [6, 6.07) is 17.0. The number of hydrogen-bond donors (Lipinski definition) is 1. The van der Waals surface area contributed by atoms with Crippen LogP contribution in [-0.2, 0) is 16.1 Å². The molecule has 0 fully saturated rings. The van der Waals surface area contributed by atoms with Crippen LogP contribution in [0, 0.1) is 5.82 Å². The summed E-state index contributed by atoms with van der Waals surface area (Å²) in [5.74, 6) is -0.239. The molecule has 0 aliphatic rings. The molecule has 0 spiro atoms. The minimum Gasteiger partial charge on any atom is -0.385 e. The standard InChI is InChI=1S/C26H27FN2O2S/c1-31-13-4-12-28-26(30)15-23(20-11-14-32-18-20)24-17-29(25-6-3-2-5-22(24)25)16-19-7-9-21(27)10-8-19/h2-3,5-11,14,17-18,23H,4,12-13,15-16H2,1H3,(H,28,30). The third-order valence-electron chi connectivity index (χ3n) is 5.64. The van der Waals surface area contributed by atoms with E-state index in [0.717, 1.165) is 34.0 Å². The highest BCUT2D eigenvalue weighted by Crippen LogP contribution is 2.36. The lowest BCUT2D eigenvalue weighted by Gasteiger charge is -2.16. The molecule has 0 aliphatic heterocycles.